The van der Waals surface area contributed by atoms with Crippen molar-refractivity contribution in [2.24, 2.45) is 0 Å². The maximum Gasteiger partial charge on any atom is 0.333 e. The van der Waals surface area contributed by atoms with E-state index in [4.69, 9.17) is 11.6 Å². The molecule has 0 bridgehead atoms. The highest BCUT2D eigenvalue weighted by Crippen LogP contribution is 2.39. The van der Waals surface area contributed by atoms with Gasteiger partial charge in [-0.3, -0.25) is 4.79 Å². The first-order chi connectivity index (χ1) is 18.4. The molecule has 1 amide bonds. The Labute approximate surface area is 222 Å². The van der Waals surface area contributed by atoms with Crippen LogP contribution < -0.4 is 5.32 Å². The number of alkyl halides is 2. The topological polar surface area (TPSA) is 101 Å². The van der Waals surface area contributed by atoms with Crippen LogP contribution >= 0.6 is 11.6 Å². The summed E-state index contributed by atoms with van der Waals surface area (Å²) in [6.45, 7) is -2.88. The fourth-order valence-corrected chi connectivity index (χ4v) is 4.60. The molecule has 0 radical (unpaired) electrons. The molecular formula is C26H26ClF2N7O2. The molecule has 1 aliphatic rings. The van der Waals surface area contributed by atoms with Crippen LogP contribution in [0.15, 0.2) is 61.2 Å². The quantitative estimate of drug-likeness (QED) is 0.286. The molecule has 1 saturated carbocycles. The van der Waals surface area contributed by atoms with Crippen LogP contribution in [-0.2, 0) is 0 Å². The molecule has 0 saturated heterocycles. The Morgan fingerprint density at radius 2 is 1.95 bits per heavy atom. The second-order valence-corrected chi connectivity index (χ2v) is 9.45. The molecule has 38 heavy (non-hydrogen) atoms. The fourth-order valence-electron chi connectivity index (χ4n) is 4.39. The molecule has 2 heterocycles. The Balaban J connectivity index is 1.43. The molecule has 1 atom stereocenters. The summed E-state index contributed by atoms with van der Waals surface area (Å²) in [6, 6.07) is 11.6. The standard InChI is InChI=1S/C26H26ClF2N7O2/c1-30-15-34(25(38)17-4-2-16(3-5-17)19-11-32-35(12-19)26(28)29)23(13-37)18-6-9-22(27)21(10-18)24-31-14-33-36(24)20-7-8-20/h2-6,9-12,14,20,23,26,30,37H,7-8,13,15H2,1H3. The summed E-state index contributed by atoms with van der Waals surface area (Å²) in [6.07, 6.45) is 6.16. The molecule has 0 aliphatic heterocycles. The van der Waals surface area contributed by atoms with Gasteiger partial charge in [-0.15, -0.1) is 0 Å². The van der Waals surface area contributed by atoms with Crippen molar-refractivity contribution in [1.29, 1.82) is 0 Å². The summed E-state index contributed by atoms with van der Waals surface area (Å²) in [5.41, 5.74) is 2.91. The van der Waals surface area contributed by atoms with Crippen molar-refractivity contribution in [3.05, 3.63) is 77.3 Å². The zero-order valence-electron chi connectivity index (χ0n) is 20.5. The van der Waals surface area contributed by atoms with Gasteiger partial charge in [0.15, 0.2) is 5.82 Å². The van der Waals surface area contributed by atoms with Gasteiger partial charge in [-0.2, -0.15) is 19.0 Å². The van der Waals surface area contributed by atoms with E-state index in [1.165, 1.54) is 23.6 Å². The molecular weight excluding hydrogens is 516 g/mol. The van der Waals surface area contributed by atoms with Gasteiger partial charge >= 0.3 is 6.55 Å². The minimum Gasteiger partial charge on any atom is -0.394 e. The first-order valence-electron chi connectivity index (χ1n) is 12.1. The van der Waals surface area contributed by atoms with Crippen LogP contribution in [0.1, 0.15) is 47.4 Å². The van der Waals surface area contributed by atoms with Gasteiger partial charge in [0.05, 0.1) is 36.6 Å². The maximum atomic E-state index is 13.6. The van der Waals surface area contributed by atoms with Crippen molar-refractivity contribution in [2.75, 3.05) is 20.3 Å². The van der Waals surface area contributed by atoms with Crippen molar-refractivity contribution in [2.45, 2.75) is 31.5 Å². The Morgan fingerprint density at radius 3 is 2.58 bits per heavy atom. The number of halogens is 3. The summed E-state index contributed by atoms with van der Waals surface area (Å²) in [5, 5.41) is 21.9. The van der Waals surface area contributed by atoms with E-state index in [-0.39, 0.29) is 19.2 Å². The Bertz CT molecular complexity index is 1420. The summed E-state index contributed by atoms with van der Waals surface area (Å²) < 4.78 is 28.2. The van der Waals surface area contributed by atoms with E-state index < -0.39 is 12.6 Å². The number of nitrogens with one attached hydrogen (secondary N) is 1. The Kier molecular flexibility index (Phi) is 7.50. The van der Waals surface area contributed by atoms with Crippen LogP contribution in [0.3, 0.4) is 0 Å². The van der Waals surface area contributed by atoms with Crippen LogP contribution in [0.2, 0.25) is 5.02 Å². The van der Waals surface area contributed by atoms with Crippen molar-refractivity contribution in [1.82, 2.24) is 34.8 Å². The van der Waals surface area contributed by atoms with Gasteiger partial charge in [0.2, 0.25) is 0 Å². The van der Waals surface area contributed by atoms with Gasteiger partial charge in [-0.05, 0) is 55.3 Å². The smallest absolute Gasteiger partial charge is 0.333 e. The zero-order valence-corrected chi connectivity index (χ0v) is 21.3. The molecule has 1 aliphatic carbocycles. The van der Waals surface area contributed by atoms with E-state index in [0.29, 0.717) is 49.4 Å². The molecule has 2 aromatic carbocycles. The number of nitrogens with zero attached hydrogens (tertiary/aromatic N) is 6. The number of rotatable bonds is 10. The van der Waals surface area contributed by atoms with E-state index >= 15 is 0 Å². The fraction of sp³-hybridized carbons (Fsp3) is 0.308. The number of hydrogen-bond acceptors (Lipinski definition) is 6. The highest BCUT2D eigenvalue weighted by molar-refractivity contribution is 6.33. The van der Waals surface area contributed by atoms with Crippen molar-refractivity contribution < 1.29 is 18.7 Å². The van der Waals surface area contributed by atoms with Gasteiger partial charge in [0.25, 0.3) is 5.91 Å². The number of carbonyl (C=O) groups is 1. The minimum atomic E-state index is -2.73. The van der Waals surface area contributed by atoms with Gasteiger partial charge in [-0.25, -0.2) is 14.3 Å². The summed E-state index contributed by atoms with van der Waals surface area (Å²) >= 11 is 6.53. The van der Waals surface area contributed by atoms with Crippen LogP contribution in [0.4, 0.5) is 8.78 Å². The van der Waals surface area contributed by atoms with Gasteiger partial charge < -0.3 is 15.3 Å². The SMILES string of the molecule is CNCN(C(=O)c1ccc(-c2cnn(C(F)F)c2)cc1)C(CO)c1ccc(Cl)c(-c2ncnn2C2CC2)c1. The highest BCUT2D eigenvalue weighted by Gasteiger charge is 2.30. The molecule has 1 unspecified atom stereocenters. The van der Waals surface area contributed by atoms with Crippen molar-refractivity contribution >= 4 is 17.5 Å². The predicted molar refractivity (Wildman–Crippen MR) is 138 cm³/mol. The van der Waals surface area contributed by atoms with E-state index in [9.17, 15) is 18.7 Å². The van der Waals surface area contributed by atoms with E-state index in [1.54, 1.807) is 43.4 Å². The van der Waals surface area contributed by atoms with E-state index in [1.807, 2.05) is 10.7 Å². The third kappa shape index (κ3) is 5.17. The van der Waals surface area contributed by atoms with Crippen LogP contribution in [0, 0.1) is 0 Å². The van der Waals surface area contributed by atoms with E-state index in [0.717, 1.165) is 12.8 Å². The first-order valence-corrected chi connectivity index (χ1v) is 12.5. The van der Waals surface area contributed by atoms with Gasteiger partial charge in [-0.1, -0.05) is 29.8 Å². The largest absolute Gasteiger partial charge is 0.394 e. The lowest BCUT2D eigenvalue weighted by molar-refractivity contribution is 0.0564. The lowest BCUT2D eigenvalue weighted by Gasteiger charge is -2.31. The number of hydrogen-bond donors (Lipinski definition) is 2. The molecule has 9 nitrogen and oxygen atoms in total. The van der Waals surface area contributed by atoms with Crippen molar-refractivity contribution in [3.63, 3.8) is 0 Å². The normalized spacial score (nSPS) is 14.2. The lowest BCUT2D eigenvalue weighted by Crippen LogP contribution is -2.41. The molecule has 5 rings (SSSR count). The molecule has 2 N–H and O–H groups in total. The van der Waals surface area contributed by atoms with E-state index in [2.05, 4.69) is 20.5 Å². The maximum absolute atomic E-state index is 13.6. The molecule has 0 spiro atoms. The predicted octanol–water partition coefficient (Wildman–Crippen LogP) is 4.54. The second kappa shape index (κ2) is 11.0. The third-order valence-electron chi connectivity index (χ3n) is 6.49. The average Bonchev–Trinajstić information content (AvgIpc) is 3.43. The average molecular weight is 542 g/mol. The monoisotopic (exact) mass is 541 g/mol. The Hall–Kier alpha value is -3.67. The summed E-state index contributed by atoms with van der Waals surface area (Å²) in [4.78, 5) is 19.5. The first kappa shape index (κ1) is 26.0. The lowest BCUT2D eigenvalue weighted by atomic mass is 10.0. The number of aliphatic hydroxyl groups excluding tert-OH is 1. The van der Waals surface area contributed by atoms with Crippen LogP contribution in [-0.4, -0.2) is 60.8 Å². The minimum absolute atomic E-state index is 0.170. The highest BCUT2D eigenvalue weighted by atomic mass is 35.5. The summed E-state index contributed by atoms with van der Waals surface area (Å²) in [5.74, 6) is 0.333. The molecule has 12 heteroatoms. The van der Waals surface area contributed by atoms with Crippen LogP contribution in [0.5, 0.6) is 0 Å². The molecule has 4 aromatic rings. The second-order valence-electron chi connectivity index (χ2n) is 9.05. The number of benzene rings is 2. The molecule has 198 valence electrons. The summed E-state index contributed by atoms with van der Waals surface area (Å²) in [7, 11) is 1.71. The number of aromatic nitrogens is 5. The number of amides is 1. The molecule has 2 aromatic heterocycles. The van der Waals surface area contributed by atoms with Crippen molar-refractivity contribution in [3.8, 4) is 22.5 Å². The van der Waals surface area contributed by atoms with Gasteiger partial charge in [0.1, 0.15) is 6.33 Å². The molecule has 1 fully saturated rings. The van der Waals surface area contributed by atoms with Crippen LogP contribution in [0.25, 0.3) is 22.5 Å². The Morgan fingerprint density at radius 1 is 1.18 bits per heavy atom. The third-order valence-corrected chi connectivity index (χ3v) is 6.82. The zero-order chi connectivity index (χ0) is 26.8. The van der Waals surface area contributed by atoms with Gasteiger partial charge in [0, 0.05) is 22.9 Å². The number of aliphatic hydroxyl groups is 1. The number of carbonyl (C=O) groups excluding carboxylic acids is 1.